The van der Waals surface area contributed by atoms with E-state index in [2.05, 4.69) is 25.8 Å². The summed E-state index contributed by atoms with van der Waals surface area (Å²) in [6, 6.07) is 6.09. The number of hydrogen-bond donors (Lipinski definition) is 1. The van der Waals surface area contributed by atoms with Crippen molar-refractivity contribution in [1.82, 2.24) is 24.9 Å². The molecule has 3 aromatic heterocycles. The topological polar surface area (TPSA) is 58.4 Å². The SMILES string of the molecule is c1ccc(CCc2cnn3c(N4CCC4)c4c(nc23)CCNCC4)nc1. The van der Waals surface area contributed by atoms with Crippen LogP contribution in [0.5, 0.6) is 0 Å². The normalized spacial score (nSPS) is 17.0. The molecule has 0 aromatic carbocycles. The van der Waals surface area contributed by atoms with Gasteiger partial charge in [-0.15, -0.1) is 0 Å². The fourth-order valence-electron chi connectivity index (χ4n) is 3.95. The van der Waals surface area contributed by atoms with Gasteiger partial charge in [0.05, 0.1) is 11.9 Å². The predicted molar refractivity (Wildman–Crippen MR) is 102 cm³/mol. The minimum Gasteiger partial charge on any atom is -0.356 e. The van der Waals surface area contributed by atoms with E-state index in [1.807, 2.05) is 24.5 Å². The maximum Gasteiger partial charge on any atom is 0.160 e. The molecule has 2 aliphatic rings. The molecular formula is C20H24N6. The molecule has 0 unspecified atom stereocenters. The van der Waals surface area contributed by atoms with Crippen molar-refractivity contribution >= 4 is 11.5 Å². The van der Waals surface area contributed by atoms with E-state index in [-0.39, 0.29) is 0 Å². The lowest BCUT2D eigenvalue weighted by molar-refractivity contribution is 0.594. The van der Waals surface area contributed by atoms with E-state index >= 15 is 0 Å². The molecule has 0 spiro atoms. The molecule has 5 rings (SSSR count). The Morgan fingerprint density at radius 3 is 2.81 bits per heavy atom. The number of aryl methyl sites for hydroxylation is 2. The molecule has 1 N–H and O–H groups in total. The molecule has 0 atom stereocenters. The summed E-state index contributed by atoms with van der Waals surface area (Å²) < 4.78 is 2.09. The molecule has 134 valence electrons. The zero-order chi connectivity index (χ0) is 17.3. The summed E-state index contributed by atoms with van der Waals surface area (Å²) in [5.41, 5.74) is 6.01. The van der Waals surface area contributed by atoms with Gasteiger partial charge in [-0.25, -0.2) is 4.98 Å². The van der Waals surface area contributed by atoms with Gasteiger partial charge in [0.15, 0.2) is 5.65 Å². The van der Waals surface area contributed by atoms with Crippen molar-refractivity contribution < 1.29 is 0 Å². The second kappa shape index (κ2) is 6.68. The number of nitrogens with one attached hydrogen (secondary N) is 1. The summed E-state index contributed by atoms with van der Waals surface area (Å²) in [6.07, 6.45) is 9.01. The van der Waals surface area contributed by atoms with Gasteiger partial charge in [-0.1, -0.05) is 6.07 Å². The molecule has 3 aromatic rings. The lowest BCUT2D eigenvalue weighted by atomic mass is 10.1. The summed E-state index contributed by atoms with van der Waals surface area (Å²) >= 11 is 0. The van der Waals surface area contributed by atoms with Crippen LogP contribution < -0.4 is 10.2 Å². The van der Waals surface area contributed by atoms with E-state index in [1.165, 1.54) is 29.1 Å². The first kappa shape index (κ1) is 15.8. The highest BCUT2D eigenvalue weighted by Crippen LogP contribution is 2.30. The summed E-state index contributed by atoms with van der Waals surface area (Å²) in [4.78, 5) is 12.0. The molecule has 2 aliphatic heterocycles. The Balaban J connectivity index is 1.55. The molecule has 26 heavy (non-hydrogen) atoms. The molecule has 5 heterocycles. The molecule has 0 bridgehead atoms. The fraction of sp³-hybridized carbons (Fsp3) is 0.450. The molecule has 6 nitrogen and oxygen atoms in total. The monoisotopic (exact) mass is 348 g/mol. The Labute approximate surface area is 153 Å². The molecule has 0 radical (unpaired) electrons. The van der Waals surface area contributed by atoms with E-state index in [9.17, 15) is 0 Å². The van der Waals surface area contributed by atoms with Crippen molar-refractivity contribution in [2.45, 2.75) is 32.1 Å². The third-order valence-electron chi connectivity index (χ3n) is 5.50. The van der Waals surface area contributed by atoms with Gasteiger partial charge < -0.3 is 10.2 Å². The number of rotatable bonds is 4. The van der Waals surface area contributed by atoms with E-state index in [4.69, 9.17) is 10.1 Å². The quantitative estimate of drug-likeness (QED) is 0.779. The van der Waals surface area contributed by atoms with Crippen molar-refractivity contribution in [3.8, 4) is 0 Å². The van der Waals surface area contributed by atoms with Crippen LogP contribution in [0, 0.1) is 0 Å². The molecule has 1 fully saturated rings. The highest BCUT2D eigenvalue weighted by molar-refractivity contribution is 5.61. The Kier molecular flexibility index (Phi) is 4.05. The number of fused-ring (bicyclic) bond motifs is 2. The Morgan fingerprint density at radius 2 is 2.00 bits per heavy atom. The van der Waals surface area contributed by atoms with Crippen LogP contribution in [0.15, 0.2) is 30.6 Å². The van der Waals surface area contributed by atoms with E-state index in [0.29, 0.717) is 0 Å². The summed E-state index contributed by atoms with van der Waals surface area (Å²) in [5.74, 6) is 1.28. The smallest absolute Gasteiger partial charge is 0.160 e. The maximum absolute atomic E-state index is 5.06. The van der Waals surface area contributed by atoms with Crippen molar-refractivity contribution in [3.63, 3.8) is 0 Å². The van der Waals surface area contributed by atoms with Gasteiger partial charge in [0, 0.05) is 49.1 Å². The highest BCUT2D eigenvalue weighted by Gasteiger charge is 2.26. The van der Waals surface area contributed by atoms with Gasteiger partial charge >= 0.3 is 0 Å². The third-order valence-corrected chi connectivity index (χ3v) is 5.50. The van der Waals surface area contributed by atoms with Gasteiger partial charge in [0.2, 0.25) is 0 Å². The number of pyridine rings is 1. The average molecular weight is 348 g/mol. The van der Waals surface area contributed by atoms with Gasteiger partial charge in [0.1, 0.15) is 5.82 Å². The van der Waals surface area contributed by atoms with Crippen LogP contribution in [0.2, 0.25) is 0 Å². The molecule has 0 amide bonds. The molecule has 6 heteroatoms. The predicted octanol–water partition coefficient (Wildman–Crippen LogP) is 1.81. The minimum atomic E-state index is 0.918. The minimum absolute atomic E-state index is 0.918. The first-order valence-corrected chi connectivity index (χ1v) is 9.64. The van der Waals surface area contributed by atoms with Crippen molar-refractivity contribution in [2.24, 2.45) is 0 Å². The Bertz CT molecular complexity index is 913. The van der Waals surface area contributed by atoms with E-state index < -0.39 is 0 Å². The first-order valence-electron chi connectivity index (χ1n) is 9.64. The Hall–Kier alpha value is -2.47. The van der Waals surface area contributed by atoms with Crippen LogP contribution in [-0.4, -0.2) is 45.8 Å². The van der Waals surface area contributed by atoms with Gasteiger partial charge in [0.25, 0.3) is 0 Å². The van der Waals surface area contributed by atoms with Gasteiger partial charge in [-0.05, 0) is 44.4 Å². The second-order valence-electron chi connectivity index (χ2n) is 7.18. The molecule has 0 aliphatic carbocycles. The van der Waals surface area contributed by atoms with Crippen molar-refractivity contribution in [1.29, 1.82) is 0 Å². The third kappa shape index (κ3) is 2.74. The zero-order valence-corrected chi connectivity index (χ0v) is 15.0. The lowest BCUT2D eigenvalue weighted by Gasteiger charge is -2.35. The maximum atomic E-state index is 5.06. The van der Waals surface area contributed by atoms with Crippen LogP contribution in [-0.2, 0) is 25.7 Å². The van der Waals surface area contributed by atoms with Crippen LogP contribution >= 0.6 is 0 Å². The Morgan fingerprint density at radius 1 is 1.08 bits per heavy atom. The fourth-order valence-corrected chi connectivity index (χ4v) is 3.95. The first-order chi connectivity index (χ1) is 12.9. The van der Waals surface area contributed by atoms with Crippen LogP contribution in [0.4, 0.5) is 5.82 Å². The van der Waals surface area contributed by atoms with Crippen molar-refractivity contribution in [2.75, 3.05) is 31.1 Å². The van der Waals surface area contributed by atoms with Gasteiger partial charge in [-0.2, -0.15) is 9.61 Å². The zero-order valence-electron chi connectivity index (χ0n) is 15.0. The van der Waals surface area contributed by atoms with Crippen molar-refractivity contribution in [3.05, 3.63) is 53.1 Å². The molecule has 1 saturated heterocycles. The highest BCUT2D eigenvalue weighted by atomic mass is 15.4. The standard InChI is InChI=1S/C20H24N6/c1-2-9-22-16(4-1)6-5-15-14-23-26-19(15)24-18-8-11-21-10-7-17(18)20(26)25-12-3-13-25/h1-2,4,9,14,21H,3,5-8,10-13H2. The molecular weight excluding hydrogens is 324 g/mol. The van der Waals surface area contributed by atoms with Crippen LogP contribution in [0.1, 0.15) is 28.9 Å². The van der Waals surface area contributed by atoms with Gasteiger partial charge in [-0.3, -0.25) is 4.98 Å². The largest absolute Gasteiger partial charge is 0.356 e. The number of hydrogen-bond acceptors (Lipinski definition) is 5. The number of nitrogens with zero attached hydrogens (tertiary/aromatic N) is 5. The van der Waals surface area contributed by atoms with E-state index in [1.54, 1.807) is 0 Å². The second-order valence-corrected chi connectivity index (χ2v) is 7.18. The number of aromatic nitrogens is 4. The molecule has 0 saturated carbocycles. The summed E-state index contributed by atoms with van der Waals surface area (Å²) in [6.45, 7) is 4.28. The van der Waals surface area contributed by atoms with Crippen LogP contribution in [0.25, 0.3) is 5.65 Å². The van der Waals surface area contributed by atoms with Crippen LogP contribution in [0.3, 0.4) is 0 Å². The average Bonchev–Trinajstić information content (AvgIpc) is 2.87. The lowest BCUT2D eigenvalue weighted by Crippen LogP contribution is -2.39. The van der Waals surface area contributed by atoms with E-state index in [0.717, 1.165) is 63.2 Å². The summed E-state index contributed by atoms with van der Waals surface area (Å²) in [7, 11) is 0. The number of anilines is 1. The summed E-state index contributed by atoms with van der Waals surface area (Å²) in [5, 5.41) is 8.25.